The largest absolute Gasteiger partial charge is 0.455 e. The normalized spacial score (nSPS) is 12.3. The Hall–Kier alpha value is -8.52. The van der Waals surface area contributed by atoms with Gasteiger partial charge in [0.05, 0.1) is 0 Å². The highest BCUT2D eigenvalue weighted by Crippen LogP contribution is 2.61. The minimum absolute atomic E-state index is 0.916. The van der Waals surface area contributed by atoms with Crippen LogP contribution in [0, 0.1) is 6.92 Å². The average Bonchev–Trinajstić information content (AvgIpc) is 4.02. The topological polar surface area (TPSA) is 13.1 Å². The Morgan fingerprint density at radius 2 is 0.848 bits per heavy atom. The average molecular weight is 837 g/mol. The highest BCUT2D eigenvalue weighted by molar-refractivity contribution is 6.26. The van der Waals surface area contributed by atoms with Crippen LogP contribution in [0.25, 0.3) is 138 Å². The zero-order chi connectivity index (χ0) is 43.6. The molecule has 0 saturated carbocycles. The second-order valence-electron chi connectivity index (χ2n) is 17.9. The van der Waals surface area contributed by atoms with E-state index < -0.39 is 0 Å². The lowest BCUT2D eigenvalue weighted by molar-refractivity contribution is 0.670. The maximum absolute atomic E-state index is 6.45. The Balaban J connectivity index is 0.986. The maximum atomic E-state index is 6.45. The van der Waals surface area contributed by atoms with Crippen molar-refractivity contribution in [1.29, 1.82) is 0 Å². The Bertz CT molecular complexity index is 4050. The summed E-state index contributed by atoms with van der Waals surface area (Å²) in [5.41, 5.74) is 26.5. The highest BCUT2D eigenvalue weighted by atomic mass is 16.3. The molecule has 0 fully saturated rings. The van der Waals surface area contributed by atoms with E-state index in [0.29, 0.717) is 0 Å². The van der Waals surface area contributed by atoms with E-state index in [1.165, 1.54) is 116 Å². The molecule has 14 rings (SSSR count). The molecule has 1 aromatic heterocycles. The Labute approximate surface area is 383 Å². The van der Waals surface area contributed by atoms with E-state index in [1.807, 2.05) is 6.07 Å². The van der Waals surface area contributed by atoms with Gasteiger partial charge < -0.3 is 4.42 Å². The summed E-state index contributed by atoms with van der Waals surface area (Å²) in [6, 6.07) is 77.9. The number of benzene rings is 11. The molecule has 0 radical (unpaired) electrons. The van der Waals surface area contributed by atoms with Gasteiger partial charge in [0.2, 0.25) is 0 Å². The fourth-order valence-electron chi connectivity index (χ4n) is 11.7. The number of hydrogen-bond acceptors (Lipinski definition) is 1. The molecule has 11 aromatic carbocycles. The Kier molecular flexibility index (Phi) is 7.82. The van der Waals surface area contributed by atoms with Crippen molar-refractivity contribution in [2.45, 2.75) is 6.92 Å². The minimum atomic E-state index is 0.916. The zero-order valence-electron chi connectivity index (χ0n) is 36.3. The van der Waals surface area contributed by atoms with E-state index in [-0.39, 0.29) is 0 Å². The predicted molar refractivity (Wildman–Crippen MR) is 279 cm³/mol. The van der Waals surface area contributed by atoms with Crippen molar-refractivity contribution in [1.82, 2.24) is 0 Å². The molecule has 66 heavy (non-hydrogen) atoms. The molecule has 0 atom stereocenters. The molecule has 12 aromatic rings. The van der Waals surface area contributed by atoms with E-state index in [0.717, 1.165) is 38.6 Å². The van der Waals surface area contributed by atoms with Gasteiger partial charge in [0.15, 0.2) is 0 Å². The van der Waals surface area contributed by atoms with Crippen LogP contribution in [-0.2, 0) is 0 Å². The van der Waals surface area contributed by atoms with Crippen molar-refractivity contribution >= 4 is 49.1 Å². The standard InChI is InChI=1S/C65H40O/c1-38-46-20-9-10-21-49(46)52-25-15-27-54(59(38)52)60-39(2)58(40-16-5-3-6-17-40)63-55-28-14-24-51-47(34-35-56(62(51)55)64(63)61(60)41-18-7-4-8-19-41)44-32-30-43-37-45(33-31-42(43)36-44)48-23-13-26-53-50-22-11-12-29-57(50)66-65(48)53/h3-37H,1H2,2H3. The third-order valence-corrected chi connectivity index (χ3v) is 14.5. The van der Waals surface area contributed by atoms with E-state index in [2.05, 4.69) is 213 Å². The molecule has 0 aliphatic heterocycles. The molecule has 1 heterocycles. The van der Waals surface area contributed by atoms with Gasteiger partial charge in [0.25, 0.3) is 0 Å². The molecule has 0 spiro atoms. The van der Waals surface area contributed by atoms with Crippen molar-refractivity contribution in [2.75, 3.05) is 0 Å². The fourth-order valence-corrected chi connectivity index (χ4v) is 11.7. The molecule has 1 nitrogen and oxygen atoms in total. The van der Waals surface area contributed by atoms with E-state index in [9.17, 15) is 0 Å². The SMILES string of the molecule is C=C1c2ccccc2-c2cccc(-c3c(C)c(-c4ccccc4)c4c(c3-c3ccccc3)-c3ccc(-c5ccc6cc(-c7cccc8c7oc7ccccc78)ccc6c5)c5cccc-4c35)c21. The lowest BCUT2D eigenvalue weighted by atomic mass is 9.77. The van der Waals surface area contributed by atoms with Gasteiger partial charge in [-0.1, -0.05) is 201 Å². The minimum Gasteiger partial charge on any atom is -0.455 e. The molecule has 0 saturated heterocycles. The monoisotopic (exact) mass is 836 g/mol. The van der Waals surface area contributed by atoms with Crippen molar-refractivity contribution in [2.24, 2.45) is 0 Å². The summed E-state index contributed by atoms with van der Waals surface area (Å²) in [6.45, 7) is 7.11. The van der Waals surface area contributed by atoms with Gasteiger partial charge >= 0.3 is 0 Å². The third-order valence-electron chi connectivity index (χ3n) is 14.5. The molecular weight excluding hydrogens is 797 g/mol. The molecule has 0 N–H and O–H groups in total. The fraction of sp³-hybridized carbons (Fsp3) is 0.0154. The summed E-state index contributed by atoms with van der Waals surface area (Å²) in [6.07, 6.45) is 0. The molecular formula is C65H40O. The molecule has 2 aliphatic rings. The lowest BCUT2D eigenvalue weighted by Gasteiger charge is -2.25. The van der Waals surface area contributed by atoms with Gasteiger partial charge in [-0.2, -0.15) is 0 Å². The van der Waals surface area contributed by atoms with E-state index in [1.54, 1.807) is 0 Å². The zero-order valence-corrected chi connectivity index (χ0v) is 36.3. The van der Waals surface area contributed by atoms with Crippen LogP contribution in [0.2, 0.25) is 0 Å². The quantitative estimate of drug-likeness (QED) is 0.168. The summed E-state index contributed by atoms with van der Waals surface area (Å²) >= 11 is 0. The lowest BCUT2D eigenvalue weighted by Crippen LogP contribution is -2.00. The number of rotatable bonds is 5. The van der Waals surface area contributed by atoms with Gasteiger partial charge in [-0.15, -0.1) is 0 Å². The van der Waals surface area contributed by atoms with Gasteiger partial charge in [0.1, 0.15) is 11.2 Å². The molecule has 306 valence electrons. The van der Waals surface area contributed by atoms with Crippen LogP contribution in [0.3, 0.4) is 0 Å². The Morgan fingerprint density at radius 3 is 1.62 bits per heavy atom. The van der Waals surface area contributed by atoms with Crippen molar-refractivity contribution in [3.63, 3.8) is 0 Å². The number of hydrogen-bond donors (Lipinski definition) is 0. The van der Waals surface area contributed by atoms with Crippen LogP contribution in [0.1, 0.15) is 16.7 Å². The first kappa shape index (κ1) is 36.9. The summed E-state index contributed by atoms with van der Waals surface area (Å²) in [7, 11) is 0. The summed E-state index contributed by atoms with van der Waals surface area (Å²) < 4.78 is 6.45. The van der Waals surface area contributed by atoms with Crippen LogP contribution in [0.5, 0.6) is 0 Å². The Morgan fingerprint density at radius 1 is 0.318 bits per heavy atom. The first-order valence-electron chi connectivity index (χ1n) is 22.9. The van der Waals surface area contributed by atoms with Gasteiger partial charge in [-0.25, -0.2) is 0 Å². The number of para-hydroxylation sites is 2. The number of fused-ring (bicyclic) bond motifs is 10. The second-order valence-corrected chi connectivity index (χ2v) is 17.9. The third kappa shape index (κ3) is 5.17. The molecule has 1 heteroatoms. The summed E-state index contributed by atoms with van der Waals surface area (Å²) in [5, 5.41) is 7.26. The smallest absolute Gasteiger partial charge is 0.143 e. The van der Waals surface area contributed by atoms with Crippen LogP contribution in [0.15, 0.2) is 223 Å². The van der Waals surface area contributed by atoms with E-state index in [4.69, 9.17) is 11.0 Å². The second kappa shape index (κ2) is 14.0. The van der Waals surface area contributed by atoms with Crippen molar-refractivity contribution in [3.05, 3.63) is 236 Å². The molecule has 0 amide bonds. The number of furan rings is 1. The van der Waals surface area contributed by atoms with Crippen molar-refractivity contribution < 1.29 is 4.42 Å². The first-order valence-corrected chi connectivity index (χ1v) is 22.9. The highest BCUT2D eigenvalue weighted by Gasteiger charge is 2.35. The van der Waals surface area contributed by atoms with Gasteiger partial charge in [-0.3, -0.25) is 0 Å². The van der Waals surface area contributed by atoms with Crippen LogP contribution in [-0.4, -0.2) is 0 Å². The van der Waals surface area contributed by atoms with E-state index >= 15 is 0 Å². The first-order chi connectivity index (χ1) is 32.6. The van der Waals surface area contributed by atoms with Crippen LogP contribution in [0.4, 0.5) is 0 Å². The predicted octanol–water partition coefficient (Wildman–Crippen LogP) is 18.2. The molecule has 2 aliphatic carbocycles. The molecule has 0 bridgehead atoms. The summed E-state index contributed by atoms with van der Waals surface area (Å²) in [5.74, 6) is 0. The summed E-state index contributed by atoms with van der Waals surface area (Å²) in [4.78, 5) is 0. The maximum Gasteiger partial charge on any atom is 0.143 e. The van der Waals surface area contributed by atoms with Crippen LogP contribution >= 0.6 is 0 Å². The van der Waals surface area contributed by atoms with Crippen LogP contribution < -0.4 is 0 Å². The molecule has 0 unspecified atom stereocenters. The van der Waals surface area contributed by atoms with Gasteiger partial charge in [0, 0.05) is 16.3 Å². The van der Waals surface area contributed by atoms with Crippen molar-refractivity contribution in [3.8, 4) is 89.0 Å². The van der Waals surface area contributed by atoms with Gasteiger partial charge in [-0.05, 0) is 152 Å².